The van der Waals surface area contributed by atoms with Gasteiger partial charge in [0.2, 0.25) is 0 Å². The monoisotopic (exact) mass is 304 g/mol. The van der Waals surface area contributed by atoms with Crippen LogP contribution in [0.25, 0.3) is 0 Å². The lowest BCUT2D eigenvalue weighted by molar-refractivity contribution is 0.590. The van der Waals surface area contributed by atoms with Crippen LogP contribution in [0.4, 0.5) is 0 Å². The van der Waals surface area contributed by atoms with Crippen LogP contribution in [0.3, 0.4) is 0 Å². The van der Waals surface area contributed by atoms with E-state index in [0.717, 1.165) is 5.75 Å². The van der Waals surface area contributed by atoms with Gasteiger partial charge < -0.3 is 0 Å². The number of thioether (sulfide) groups is 1. The van der Waals surface area contributed by atoms with Gasteiger partial charge in [0, 0.05) is 16.5 Å². The van der Waals surface area contributed by atoms with Crippen molar-refractivity contribution in [2.45, 2.75) is 42.7 Å². The molecule has 2 aromatic rings. The molecule has 20 heavy (non-hydrogen) atoms. The Morgan fingerprint density at radius 2 is 1.40 bits per heavy atom. The van der Waals surface area contributed by atoms with E-state index >= 15 is 0 Å². The first-order valence-corrected chi connectivity index (χ1v) is 8.38. The molecule has 0 aliphatic carbocycles. The fourth-order valence-electron chi connectivity index (χ4n) is 1.94. The van der Waals surface area contributed by atoms with Gasteiger partial charge in [0.05, 0.1) is 0 Å². The van der Waals surface area contributed by atoms with E-state index in [1.165, 1.54) is 21.6 Å². The predicted octanol–water partition coefficient (Wildman–Crippen LogP) is 6.02. The summed E-state index contributed by atoms with van der Waals surface area (Å²) >= 11 is 7.66. The third-order valence-corrected chi connectivity index (χ3v) is 4.69. The third-order valence-electron chi connectivity index (χ3n) is 3.30. The molecule has 0 saturated carbocycles. The summed E-state index contributed by atoms with van der Waals surface area (Å²) in [4.78, 5) is 1.29. The number of hydrogen-bond donors (Lipinski definition) is 0. The highest BCUT2D eigenvalue weighted by Gasteiger charge is 2.12. The van der Waals surface area contributed by atoms with Crippen LogP contribution in [0.1, 0.15) is 37.5 Å². The number of hydrogen-bond acceptors (Lipinski definition) is 1. The molecule has 0 unspecified atom stereocenters. The Morgan fingerprint density at radius 1 is 0.850 bits per heavy atom. The van der Waals surface area contributed by atoms with Crippen molar-refractivity contribution < 1.29 is 0 Å². The Bertz CT molecular complexity index is 535. The van der Waals surface area contributed by atoms with Crippen molar-refractivity contribution in [3.05, 3.63) is 65.2 Å². The zero-order chi connectivity index (χ0) is 14.6. The van der Waals surface area contributed by atoms with Crippen LogP contribution in [-0.2, 0) is 17.0 Å². The molecule has 0 saturated heterocycles. The average Bonchev–Trinajstić information content (AvgIpc) is 2.45. The summed E-state index contributed by atoms with van der Waals surface area (Å²) in [7, 11) is 0. The van der Waals surface area contributed by atoms with Crippen molar-refractivity contribution in [3.8, 4) is 0 Å². The van der Waals surface area contributed by atoms with Crippen molar-refractivity contribution in [3.63, 3.8) is 0 Å². The summed E-state index contributed by atoms with van der Waals surface area (Å²) in [6.07, 6.45) is 0. The lowest BCUT2D eigenvalue weighted by Gasteiger charge is -2.19. The maximum absolute atomic E-state index is 5.80. The maximum Gasteiger partial charge on any atom is 0.0474 e. The number of benzene rings is 2. The summed E-state index contributed by atoms with van der Waals surface area (Å²) in [6, 6.07) is 17.4. The molecular weight excluding hydrogens is 284 g/mol. The van der Waals surface area contributed by atoms with Crippen LogP contribution in [0, 0.1) is 0 Å². The minimum Gasteiger partial charge on any atom is -0.122 e. The molecule has 0 fully saturated rings. The lowest BCUT2D eigenvalue weighted by atomic mass is 9.87. The van der Waals surface area contributed by atoms with Crippen LogP contribution in [-0.4, -0.2) is 0 Å². The average molecular weight is 305 g/mol. The van der Waals surface area contributed by atoms with Gasteiger partial charge in [-0.2, -0.15) is 0 Å². The van der Waals surface area contributed by atoms with Gasteiger partial charge in [0.15, 0.2) is 0 Å². The van der Waals surface area contributed by atoms with Gasteiger partial charge in [-0.1, -0.05) is 57.2 Å². The van der Waals surface area contributed by atoms with E-state index in [4.69, 9.17) is 11.6 Å². The second-order valence-corrected chi connectivity index (χ2v) is 7.33. The largest absolute Gasteiger partial charge is 0.122 e. The zero-order valence-electron chi connectivity index (χ0n) is 12.3. The van der Waals surface area contributed by atoms with E-state index in [-0.39, 0.29) is 5.41 Å². The highest BCUT2D eigenvalue weighted by Crippen LogP contribution is 2.26. The third kappa shape index (κ3) is 4.29. The van der Waals surface area contributed by atoms with E-state index in [9.17, 15) is 0 Å². The van der Waals surface area contributed by atoms with E-state index < -0.39 is 0 Å². The highest BCUT2D eigenvalue weighted by molar-refractivity contribution is 7.98. The second-order valence-electron chi connectivity index (χ2n) is 6.01. The number of rotatable bonds is 4. The highest BCUT2D eigenvalue weighted by atomic mass is 35.5. The smallest absolute Gasteiger partial charge is 0.0474 e. The topological polar surface area (TPSA) is 0 Å². The molecule has 0 nitrogen and oxygen atoms in total. The SMILES string of the molecule is CC(C)(C)c1ccc(CSc2ccc(CCl)cc2)cc1. The standard InChI is InChI=1S/C18H21ClS/c1-18(2,3)16-8-4-15(5-9-16)13-20-17-10-6-14(12-19)7-11-17/h4-11H,12-13H2,1-3H3. The predicted molar refractivity (Wildman–Crippen MR) is 90.7 cm³/mol. The molecule has 2 aromatic carbocycles. The second kappa shape index (κ2) is 6.69. The van der Waals surface area contributed by atoms with Gasteiger partial charge in [-0.3, -0.25) is 0 Å². The minimum absolute atomic E-state index is 0.225. The molecule has 0 bridgehead atoms. The Balaban J connectivity index is 1.96. The molecule has 0 spiro atoms. The van der Waals surface area contributed by atoms with E-state index in [2.05, 4.69) is 69.3 Å². The number of halogens is 1. The van der Waals surface area contributed by atoms with Gasteiger partial charge in [0.1, 0.15) is 0 Å². The van der Waals surface area contributed by atoms with Gasteiger partial charge in [-0.25, -0.2) is 0 Å². The summed E-state index contributed by atoms with van der Waals surface area (Å²) in [5, 5.41) is 0. The summed E-state index contributed by atoms with van der Waals surface area (Å²) in [5.41, 5.74) is 4.15. The van der Waals surface area contributed by atoms with E-state index in [0.29, 0.717) is 5.88 Å². The first-order chi connectivity index (χ1) is 9.49. The van der Waals surface area contributed by atoms with Crippen molar-refractivity contribution in [1.29, 1.82) is 0 Å². The van der Waals surface area contributed by atoms with Crippen molar-refractivity contribution in [2.75, 3.05) is 0 Å². The molecule has 106 valence electrons. The van der Waals surface area contributed by atoms with E-state index in [1.807, 2.05) is 11.8 Å². The molecule has 0 aliphatic rings. The van der Waals surface area contributed by atoms with Crippen molar-refractivity contribution >= 4 is 23.4 Å². The Morgan fingerprint density at radius 3 is 1.90 bits per heavy atom. The molecule has 0 aromatic heterocycles. The molecule has 0 aliphatic heterocycles. The van der Waals surface area contributed by atoms with E-state index in [1.54, 1.807) is 0 Å². The lowest BCUT2D eigenvalue weighted by Crippen LogP contribution is -2.10. The molecular formula is C18H21ClS. The van der Waals surface area contributed by atoms with Crippen LogP contribution < -0.4 is 0 Å². The Labute approximate surface area is 131 Å². The Hall–Kier alpha value is -0.920. The molecule has 0 atom stereocenters. The Kier molecular flexibility index (Phi) is 5.17. The molecule has 0 radical (unpaired) electrons. The first-order valence-electron chi connectivity index (χ1n) is 6.86. The summed E-state index contributed by atoms with van der Waals surface area (Å²) in [5.74, 6) is 1.59. The molecule has 0 heterocycles. The summed E-state index contributed by atoms with van der Waals surface area (Å²) in [6.45, 7) is 6.74. The van der Waals surface area contributed by atoms with Gasteiger partial charge in [-0.15, -0.1) is 23.4 Å². The minimum atomic E-state index is 0.225. The van der Waals surface area contributed by atoms with Gasteiger partial charge in [-0.05, 0) is 34.2 Å². The van der Waals surface area contributed by atoms with Crippen LogP contribution in [0.5, 0.6) is 0 Å². The quantitative estimate of drug-likeness (QED) is 0.492. The molecule has 2 heteroatoms. The van der Waals surface area contributed by atoms with Crippen molar-refractivity contribution in [2.24, 2.45) is 0 Å². The van der Waals surface area contributed by atoms with Gasteiger partial charge in [0.25, 0.3) is 0 Å². The van der Waals surface area contributed by atoms with Crippen LogP contribution in [0.15, 0.2) is 53.4 Å². The maximum atomic E-state index is 5.80. The number of alkyl halides is 1. The fourth-order valence-corrected chi connectivity index (χ4v) is 2.97. The fraction of sp³-hybridized carbons (Fsp3) is 0.333. The molecule has 0 N–H and O–H groups in total. The normalized spacial score (nSPS) is 11.6. The van der Waals surface area contributed by atoms with Crippen LogP contribution in [0.2, 0.25) is 0 Å². The van der Waals surface area contributed by atoms with Crippen molar-refractivity contribution in [1.82, 2.24) is 0 Å². The summed E-state index contributed by atoms with van der Waals surface area (Å²) < 4.78 is 0. The molecule has 0 amide bonds. The van der Waals surface area contributed by atoms with Crippen LogP contribution >= 0.6 is 23.4 Å². The first kappa shape index (κ1) is 15.5. The van der Waals surface area contributed by atoms with Gasteiger partial charge >= 0.3 is 0 Å². The molecule has 2 rings (SSSR count). The zero-order valence-corrected chi connectivity index (χ0v) is 13.9.